The minimum atomic E-state index is -0.191. The first kappa shape index (κ1) is 13.6. The summed E-state index contributed by atoms with van der Waals surface area (Å²) in [5, 5.41) is 0. The average molecular weight is 312 g/mol. The maximum Gasteiger partial charge on any atom is 0.123 e. The molecule has 3 aromatic rings. The van der Waals surface area contributed by atoms with Gasteiger partial charge in [-0.2, -0.15) is 11.8 Å². The van der Waals surface area contributed by atoms with Crippen LogP contribution in [0.4, 0.5) is 10.1 Å². The second kappa shape index (κ2) is 5.65. The van der Waals surface area contributed by atoms with Gasteiger partial charge in [-0.1, -0.05) is 12.1 Å². The third-order valence-corrected chi connectivity index (χ3v) is 4.90. The van der Waals surface area contributed by atoms with Crippen molar-refractivity contribution in [2.45, 2.75) is 6.04 Å². The number of H-pyrrole nitrogens is 1. The predicted molar refractivity (Wildman–Crippen MR) is 89.3 cm³/mol. The highest BCUT2D eigenvalue weighted by Gasteiger charge is 2.25. The van der Waals surface area contributed by atoms with Crippen LogP contribution in [0.15, 0.2) is 48.8 Å². The molecule has 3 nitrogen and oxygen atoms in total. The standard InChI is InChI=1S/C17H15FN3S/c18-13-3-1-12(2-4-13)17-10-22-8-7-21(17)14-5-6-15-16(9-14)20-11-19-15/h1-6,8-9,11,17H,7,10H2,(H,19,20). The van der Waals surface area contributed by atoms with Crippen LogP contribution >= 0.6 is 11.8 Å². The van der Waals surface area contributed by atoms with E-state index in [1.165, 1.54) is 12.1 Å². The third kappa shape index (κ3) is 2.46. The molecule has 2 heterocycles. The molecule has 1 atom stereocenters. The van der Waals surface area contributed by atoms with Gasteiger partial charge in [0.05, 0.1) is 23.4 Å². The van der Waals surface area contributed by atoms with Crippen molar-refractivity contribution in [3.8, 4) is 0 Å². The number of nitrogens with zero attached hydrogens (tertiary/aromatic N) is 2. The zero-order valence-electron chi connectivity index (χ0n) is 11.9. The first-order valence-electron chi connectivity index (χ1n) is 7.20. The summed E-state index contributed by atoms with van der Waals surface area (Å²) in [6, 6.07) is 13.3. The second-order valence-corrected chi connectivity index (χ2v) is 6.32. The van der Waals surface area contributed by atoms with Crippen molar-refractivity contribution in [2.75, 3.05) is 17.2 Å². The van der Waals surface area contributed by atoms with E-state index in [-0.39, 0.29) is 11.9 Å². The minimum Gasteiger partial charge on any atom is -0.362 e. The van der Waals surface area contributed by atoms with Crippen LogP contribution in [0, 0.1) is 11.6 Å². The maximum absolute atomic E-state index is 13.2. The minimum absolute atomic E-state index is 0.191. The zero-order valence-corrected chi connectivity index (χ0v) is 12.7. The molecule has 4 rings (SSSR count). The molecule has 0 spiro atoms. The van der Waals surface area contributed by atoms with Crippen LogP contribution in [-0.4, -0.2) is 22.3 Å². The number of halogens is 1. The number of fused-ring (bicyclic) bond motifs is 1. The molecule has 2 aromatic carbocycles. The molecule has 0 bridgehead atoms. The molecular weight excluding hydrogens is 297 g/mol. The Morgan fingerprint density at radius 2 is 2.05 bits per heavy atom. The lowest BCUT2D eigenvalue weighted by Crippen LogP contribution is -2.34. The number of hydrogen-bond donors (Lipinski definition) is 1. The van der Waals surface area contributed by atoms with Gasteiger partial charge in [0.25, 0.3) is 0 Å². The normalized spacial score (nSPS) is 18.8. The van der Waals surface area contributed by atoms with Crippen molar-refractivity contribution < 1.29 is 4.39 Å². The highest BCUT2D eigenvalue weighted by Crippen LogP contribution is 2.36. The fourth-order valence-electron chi connectivity index (χ4n) is 2.85. The third-order valence-electron chi connectivity index (χ3n) is 4.01. The molecule has 1 unspecified atom stereocenters. The quantitative estimate of drug-likeness (QED) is 0.771. The lowest BCUT2D eigenvalue weighted by Gasteiger charge is -2.37. The van der Waals surface area contributed by atoms with Gasteiger partial charge in [0.15, 0.2) is 0 Å². The van der Waals surface area contributed by atoms with Gasteiger partial charge >= 0.3 is 0 Å². The molecule has 0 amide bonds. The van der Waals surface area contributed by atoms with E-state index in [9.17, 15) is 4.39 Å². The van der Waals surface area contributed by atoms with E-state index >= 15 is 0 Å². The fraction of sp³-hybridized carbons (Fsp3) is 0.176. The number of hydrogen-bond acceptors (Lipinski definition) is 3. The van der Waals surface area contributed by atoms with Gasteiger partial charge < -0.3 is 9.88 Å². The molecule has 111 valence electrons. The van der Waals surface area contributed by atoms with Crippen LogP contribution in [0.5, 0.6) is 0 Å². The molecule has 1 radical (unpaired) electrons. The van der Waals surface area contributed by atoms with Gasteiger partial charge in [-0.15, -0.1) is 0 Å². The number of thioether (sulfide) groups is 1. The second-order valence-electron chi connectivity index (χ2n) is 5.32. The van der Waals surface area contributed by atoms with Crippen molar-refractivity contribution in [2.24, 2.45) is 0 Å². The van der Waals surface area contributed by atoms with Gasteiger partial charge in [0.2, 0.25) is 0 Å². The Morgan fingerprint density at radius 3 is 2.91 bits per heavy atom. The van der Waals surface area contributed by atoms with Gasteiger partial charge in [-0.3, -0.25) is 0 Å². The Bertz CT molecular complexity index is 784. The van der Waals surface area contributed by atoms with E-state index in [1.54, 1.807) is 6.33 Å². The number of anilines is 1. The largest absolute Gasteiger partial charge is 0.362 e. The highest BCUT2D eigenvalue weighted by atomic mass is 32.2. The lowest BCUT2D eigenvalue weighted by atomic mass is 10.1. The Hall–Kier alpha value is -2.01. The Balaban J connectivity index is 1.71. The number of aromatic nitrogens is 2. The van der Waals surface area contributed by atoms with Crippen LogP contribution < -0.4 is 4.90 Å². The van der Waals surface area contributed by atoms with Crippen LogP contribution in [0.2, 0.25) is 0 Å². The van der Waals surface area contributed by atoms with E-state index < -0.39 is 0 Å². The fourth-order valence-corrected chi connectivity index (χ4v) is 3.81. The molecule has 1 fully saturated rings. The van der Waals surface area contributed by atoms with Crippen LogP contribution in [0.1, 0.15) is 11.6 Å². The van der Waals surface area contributed by atoms with Crippen molar-refractivity contribution in [1.29, 1.82) is 0 Å². The lowest BCUT2D eigenvalue weighted by molar-refractivity contribution is 0.624. The molecule has 0 saturated carbocycles. The summed E-state index contributed by atoms with van der Waals surface area (Å²) in [6.45, 7) is 0.864. The zero-order chi connectivity index (χ0) is 14.9. The molecule has 1 aliphatic heterocycles. The molecular formula is C17H15FN3S. The molecule has 1 N–H and O–H groups in total. The number of imidazole rings is 1. The number of benzene rings is 2. The van der Waals surface area contributed by atoms with Gasteiger partial charge in [0, 0.05) is 23.7 Å². The van der Waals surface area contributed by atoms with E-state index in [4.69, 9.17) is 0 Å². The summed E-state index contributed by atoms with van der Waals surface area (Å²) in [6.07, 6.45) is 1.71. The van der Waals surface area contributed by atoms with Crippen molar-refractivity contribution >= 4 is 28.5 Å². The van der Waals surface area contributed by atoms with Gasteiger partial charge in [-0.05, 0) is 35.9 Å². The van der Waals surface area contributed by atoms with E-state index in [0.29, 0.717) is 0 Å². The predicted octanol–water partition coefficient (Wildman–Crippen LogP) is 4.16. The summed E-state index contributed by atoms with van der Waals surface area (Å²) >= 11 is 1.82. The van der Waals surface area contributed by atoms with E-state index in [1.807, 2.05) is 23.9 Å². The maximum atomic E-state index is 13.2. The first-order chi connectivity index (χ1) is 10.8. The van der Waals surface area contributed by atoms with Crippen LogP contribution in [-0.2, 0) is 0 Å². The first-order valence-corrected chi connectivity index (χ1v) is 8.25. The SMILES string of the molecule is Fc1ccc(C2CS[CH]CN2c2ccc3[nH]cnc3c2)cc1. The summed E-state index contributed by atoms with van der Waals surface area (Å²) in [5.74, 6) is 2.99. The summed E-state index contributed by atoms with van der Waals surface area (Å²) < 4.78 is 13.2. The van der Waals surface area contributed by atoms with Gasteiger partial charge in [0.1, 0.15) is 5.82 Å². The number of rotatable bonds is 2. The Morgan fingerprint density at radius 1 is 1.18 bits per heavy atom. The Kier molecular flexibility index (Phi) is 3.50. The van der Waals surface area contributed by atoms with E-state index in [2.05, 4.69) is 38.8 Å². The molecule has 22 heavy (non-hydrogen) atoms. The molecule has 1 aromatic heterocycles. The topological polar surface area (TPSA) is 31.9 Å². The van der Waals surface area contributed by atoms with Crippen molar-refractivity contribution in [3.05, 3.63) is 65.9 Å². The monoisotopic (exact) mass is 312 g/mol. The molecule has 0 aliphatic carbocycles. The molecule has 1 saturated heterocycles. The van der Waals surface area contributed by atoms with Gasteiger partial charge in [-0.25, -0.2) is 9.37 Å². The molecule has 5 heteroatoms. The molecule has 1 aliphatic rings. The average Bonchev–Trinajstić information content (AvgIpc) is 3.03. The summed E-state index contributed by atoms with van der Waals surface area (Å²) in [4.78, 5) is 9.80. The highest BCUT2D eigenvalue weighted by molar-refractivity contribution is 8.01. The summed E-state index contributed by atoms with van der Waals surface area (Å²) in [5.41, 5.74) is 4.29. The summed E-state index contributed by atoms with van der Waals surface area (Å²) in [7, 11) is 0. The van der Waals surface area contributed by atoms with Crippen molar-refractivity contribution in [1.82, 2.24) is 9.97 Å². The van der Waals surface area contributed by atoms with E-state index in [0.717, 1.165) is 34.6 Å². The van der Waals surface area contributed by atoms with Crippen molar-refractivity contribution in [3.63, 3.8) is 0 Å². The Labute approximate surface area is 132 Å². The van der Waals surface area contributed by atoms with Crippen LogP contribution in [0.3, 0.4) is 0 Å². The smallest absolute Gasteiger partial charge is 0.123 e. The van der Waals surface area contributed by atoms with Crippen LogP contribution in [0.25, 0.3) is 11.0 Å². The number of nitrogens with one attached hydrogen (secondary N) is 1. The number of aromatic amines is 1.